The van der Waals surface area contributed by atoms with Gasteiger partial charge in [-0.05, 0) is 49.0 Å². The van der Waals surface area contributed by atoms with Crippen LogP contribution in [0.25, 0.3) is 0 Å². The summed E-state index contributed by atoms with van der Waals surface area (Å²) in [4.78, 5) is 37.9. The van der Waals surface area contributed by atoms with E-state index in [2.05, 4.69) is 28.6 Å². The van der Waals surface area contributed by atoms with Crippen molar-refractivity contribution < 1.29 is 19.1 Å². The Balaban J connectivity index is 5.27. The van der Waals surface area contributed by atoms with Gasteiger partial charge in [0.05, 0.1) is 13.2 Å². The normalized spacial score (nSPS) is 15.3. The number of rotatable bonds is 15. The molecule has 29 heavy (non-hydrogen) atoms. The lowest BCUT2D eigenvalue weighted by Crippen LogP contribution is -2.58. The molecule has 0 heterocycles. The van der Waals surface area contributed by atoms with Crippen molar-refractivity contribution in [2.75, 3.05) is 31.4 Å². The second-order valence-electron chi connectivity index (χ2n) is 7.49. The van der Waals surface area contributed by atoms with Gasteiger partial charge in [0, 0.05) is 0 Å². The van der Waals surface area contributed by atoms with Gasteiger partial charge in [-0.25, -0.2) is 4.79 Å². The summed E-state index contributed by atoms with van der Waals surface area (Å²) < 4.78 is 4.82. The number of hydrogen-bond donors (Lipinski definition) is 4. The van der Waals surface area contributed by atoms with Gasteiger partial charge >= 0.3 is 5.97 Å². The molecule has 2 amide bonds. The number of carbonyl (C=O) groups excluding carboxylic acids is 3. The molecule has 0 aliphatic rings. The fourth-order valence-corrected chi connectivity index (χ4v) is 3.43. The van der Waals surface area contributed by atoms with E-state index in [1.54, 1.807) is 11.8 Å². The average molecular weight is 450 g/mol. The monoisotopic (exact) mass is 449 g/mol. The van der Waals surface area contributed by atoms with Crippen LogP contribution in [0.1, 0.15) is 47.0 Å². The molecule has 0 unspecified atom stereocenters. The fraction of sp³-hybridized carbons (Fsp3) is 0.850. The molecule has 0 aromatic rings. The van der Waals surface area contributed by atoms with E-state index in [1.807, 2.05) is 34.0 Å². The van der Waals surface area contributed by atoms with Gasteiger partial charge < -0.3 is 20.7 Å². The highest BCUT2D eigenvalue weighted by molar-refractivity contribution is 7.98. The minimum absolute atomic E-state index is 0.0694. The van der Waals surface area contributed by atoms with Crippen LogP contribution in [0.4, 0.5) is 0 Å². The average Bonchev–Trinajstić information content (AvgIpc) is 2.70. The van der Waals surface area contributed by atoms with Crippen LogP contribution in [0, 0.1) is 11.8 Å². The number of hydrogen-bond acceptors (Lipinski definition) is 7. The van der Waals surface area contributed by atoms with Crippen LogP contribution < -0.4 is 16.0 Å². The smallest absolute Gasteiger partial charge is 0.328 e. The predicted molar refractivity (Wildman–Crippen MR) is 123 cm³/mol. The van der Waals surface area contributed by atoms with Gasteiger partial charge in [0.25, 0.3) is 0 Å². The van der Waals surface area contributed by atoms with E-state index in [4.69, 9.17) is 4.74 Å². The summed E-state index contributed by atoms with van der Waals surface area (Å²) >= 11 is 5.78. The van der Waals surface area contributed by atoms with Gasteiger partial charge in [0.2, 0.25) is 11.8 Å². The molecule has 9 heteroatoms. The van der Waals surface area contributed by atoms with Crippen molar-refractivity contribution in [3.05, 3.63) is 0 Å². The molecule has 3 N–H and O–H groups in total. The zero-order chi connectivity index (χ0) is 22.4. The Labute approximate surface area is 185 Å². The van der Waals surface area contributed by atoms with Crippen LogP contribution in [0.15, 0.2) is 0 Å². The molecule has 0 aliphatic carbocycles. The number of thioether (sulfide) groups is 1. The molecule has 0 saturated heterocycles. The lowest BCUT2D eigenvalue weighted by Gasteiger charge is -2.29. The Kier molecular flexibility index (Phi) is 15.3. The highest BCUT2D eigenvalue weighted by Gasteiger charge is 2.32. The summed E-state index contributed by atoms with van der Waals surface area (Å²) in [5.41, 5.74) is 0. The van der Waals surface area contributed by atoms with Crippen LogP contribution in [0.2, 0.25) is 0 Å². The largest absolute Gasteiger partial charge is 0.467 e. The number of amides is 2. The highest BCUT2D eigenvalue weighted by Crippen LogP contribution is 2.12. The van der Waals surface area contributed by atoms with Crippen molar-refractivity contribution in [2.24, 2.45) is 11.8 Å². The van der Waals surface area contributed by atoms with Gasteiger partial charge in [-0.2, -0.15) is 24.4 Å². The molecule has 7 nitrogen and oxygen atoms in total. The highest BCUT2D eigenvalue weighted by atomic mass is 32.2. The van der Waals surface area contributed by atoms with Crippen molar-refractivity contribution in [1.29, 1.82) is 0 Å². The summed E-state index contributed by atoms with van der Waals surface area (Å²) in [7, 11) is 1.30. The van der Waals surface area contributed by atoms with Crippen molar-refractivity contribution in [1.82, 2.24) is 16.0 Å². The van der Waals surface area contributed by atoms with Crippen molar-refractivity contribution in [3.63, 3.8) is 0 Å². The Morgan fingerprint density at radius 2 is 1.69 bits per heavy atom. The van der Waals surface area contributed by atoms with Crippen LogP contribution in [-0.2, 0) is 19.1 Å². The van der Waals surface area contributed by atoms with Crippen LogP contribution in [-0.4, -0.2) is 67.3 Å². The van der Waals surface area contributed by atoms with Crippen LogP contribution >= 0.6 is 24.4 Å². The van der Waals surface area contributed by atoms with E-state index in [0.717, 1.165) is 12.2 Å². The van der Waals surface area contributed by atoms with Gasteiger partial charge in [-0.1, -0.05) is 34.1 Å². The minimum Gasteiger partial charge on any atom is -0.467 e. The Hall–Kier alpha value is -0.930. The second-order valence-corrected chi connectivity index (χ2v) is 8.92. The van der Waals surface area contributed by atoms with E-state index < -0.39 is 24.1 Å². The topological polar surface area (TPSA) is 96.5 Å². The zero-order valence-corrected chi connectivity index (χ0v) is 20.3. The van der Waals surface area contributed by atoms with Crippen molar-refractivity contribution >= 4 is 42.2 Å². The first-order valence-corrected chi connectivity index (χ1v) is 12.3. The van der Waals surface area contributed by atoms with Gasteiger partial charge in [-0.3, -0.25) is 9.59 Å². The summed E-state index contributed by atoms with van der Waals surface area (Å²) in [6, 6.07) is -1.85. The molecular weight excluding hydrogens is 410 g/mol. The molecule has 0 saturated carbocycles. The lowest BCUT2D eigenvalue weighted by atomic mass is 9.96. The number of thiol groups is 1. The number of carbonyl (C=O) groups is 3. The molecular formula is C20H39N3O4S2. The van der Waals surface area contributed by atoms with E-state index in [9.17, 15) is 14.4 Å². The van der Waals surface area contributed by atoms with Gasteiger partial charge in [-0.15, -0.1) is 0 Å². The van der Waals surface area contributed by atoms with Crippen LogP contribution in [0.3, 0.4) is 0 Å². The lowest BCUT2D eigenvalue weighted by molar-refractivity contribution is -0.145. The maximum Gasteiger partial charge on any atom is 0.328 e. The van der Waals surface area contributed by atoms with E-state index in [0.29, 0.717) is 25.1 Å². The summed E-state index contributed by atoms with van der Waals surface area (Å²) in [5.74, 6) is 0.395. The van der Waals surface area contributed by atoms with E-state index in [1.165, 1.54) is 7.11 Å². The Morgan fingerprint density at radius 3 is 2.17 bits per heavy atom. The molecule has 0 rings (SSSR count). The number of methoxy groups -OCH3 is 1. The summed E-state index contributed by atoms with van der Waals surface area (Å²) in [5, 5.41) is 8.92. The first-order valence-electron chi connectivity index (χ1n) is 10.2. The number of ether oxygens (including phenoxy) is 1. The maximum atomic E-state index is 13.0. The quantitative estimate of drug-likeness (QED) is 0.173. The number of esters is 1. The zero-order valence-electron chi connectivity index (χ0n) is 18.6. The SMILES string of the molecule is CC[C@H](C)[C@H](NC(=O)[C@@H](NCCCS)C(C)C)C(=O)N[C@@H](CCSC)C(=O)OC. The molecule has 0 aliphatic heterocycles. The van der Waals surface area contributed by atoms with E-state index in [-0.39, 0.29) is 23.7 Å². The first kappa shape index (κ1) is 28.1. The summed E-state index contributed by atoms with van der Waals surface area (Å²) in [6.07, 6.45) is 3.97. The molecule has 4 atom stereocenters. The molecule has 0 spiro atoms. The maximum absolute atomic E-state index is 13.0. The molecule has 0 radical (unpaired) electrons. The standard InChI is InChI=1S/C20H39N3O4S2/c1-7-14(4)17(19(25)22-15(9-12-29-6)20(26)27-5)23-18(24)16(13(2)3)21-10-8-11-28/h13-17,21,28H,7-12H2,1-6H3,(H,22,25)(H,23,24)/t14-,15-,16-,17-/m0/s1. The van der Waals surface area contributed by atoms with Crippen molar-refractivity contribution in [2.45, 2.75) is 65.1 Å². The van der Waals surface area contributed by atoms with Gasteiger partial charge in [0.1, 0.15) is 12.1 Å². The minimum atomic E-state index is -0.724. The fourth-order valence-electron chi connectivity index (χ4n) is 2.80. The van der Waals surface area contributed by atoms with E-state index >= 15 is 0 Å². The number of nitrogens with one attached hydrogen (secondary N) is 3. The predicted octanol–water partition coefficient (Wildman–Crippen LogP) is 1.86. The summed E-state index contributed by atoms with van der Waals surface area (Å²) in [6.45, 7) is 8.49. The Bertz CT molecular complexity index is 506. The third-order valence-corrected chi connectivity index (χ3v) is 5.81. The third-order valence-electron chi connectivity index (χ3n) is 4.85. The molecule has 0 bridgehead atoms. The van der Waals surface area contributed by atoms with Gasteiger partial charge in [0.15, 0.2) is 0 Å². The Morgan fingerprint density at radius 1 is 1.07 bits per heavy atom. The second kappa shape index (κ2) is 15.8. The molecule has 0 aromatic heterocycles. The first-order chi connectivity index (χ1) is 13.7. The molecule has 0 aromatic carbocycles. The van der Waals surface area contributed by atoms with Crippen LogP contribution in [0.5, 0.6) is 0 Å². The third kappa shape index (κ3) is 10.6. The molecule has 0 fully saturated rings. The molecule has 170 valence electrons. The van der Waals surface area contributed by atoms with Crippen molar-refractivity contribution in [3.8, 4) is 0 Å².